The normalized spacial score (nSPS) is 15.2. The third-order valence-electron chi connectivity index (χ3n) is 0.898. The van der Waals surface area contributed by atoms with Crippen molar-refractivity contribution in [2.75, 3.05) is 0 Å². The Kier molecular flexibility index (Phi) is 5.00. The minimum absolute atomic E-state index is 0.280. The molecule has 0 heterocycles. The molecule has 2 unspecified atom stereocenters. The Bertz CT molecular complexity index is 118. The van der Waals surface area contributed by atoms with Gasteiger partial charge in [0.25, 0.3) is 0 Å². The predicted molar refractivity (Wildman–Crippen MR) is 37.5 cm³/mol. The van der Waals surface area contributed by atoms with E-state index in [1.54, 1.807) is 13.8 Å². The molecule has 0 aromatic heterocycles. The van der Waals surface area contributed by atoms with E-state index in [0.29, 0.717) is 0 Å². The molecule has 54 valence electrons. The van der Waals surface area contributed by atoms with Crippen molar-refractivity contribution in [2.45, 2.75) is 26.1 Å². The second-order valence-electron chi connectivity index (χ2n) is 1.85. The van der Waals surface area contributed by atoms with Crippen LogP contribution in [0.3, 0.4) is 0 Å². The highest BCUT2D eigenvalue weighted by Crippen LogP contribution is 1.88. The van der Waals surface area contributed by atoms with Crippen molar-refractivity contribution in [2.24, 2.45) is 0 Å². The van der Waals surface area contributed by atoms with Crippen molar-refractivity contribution in [3.05, 3.63) is 14.2 Å². The van der Waals surface area contributed by atoms with Gasteiger partial charge in [0.1, 0.15) is 26.4 Å². The van der Waals surface area contributed by atoms with E-state index < -0.39 is 0 Å². The zero-order chi connectivity index (χ0) is 7.98. The Morgan fingerprint density at radius 2 is 1.30 bits per heavy atom. The summed E-state index contributed by atoms with van der Waals surface area (Å²) in [5.41, 5.74) is 0. The van der Waals surface area contributed by atoms with Crippen LogP contribution < -0.4 is 0 Å². The first-order valence-corrected chi connectivity index (χ1v) is 2.92. The fourth-order valence-corrected chi connectivity index (χ4v) is 0.303. The zero-order valence-electron chi connectivity index (χ0n) is 6.13. The summed E-state index contributed by atoms with van der Waals surface area (Å²) >= 11 is 0. The number of hydrogen-bond acceptors (Lipinski definition) is 2. The molecule has 2 nitrogen and oxygen atoms in total. The van der Waals surface area contributed by atoms with Gasteiger partial charge in [0, 0.05) is 0 Å². The summed E-state index contributed by atoms with van der Waals surface area (Å²) in [4.78, 5) is 0. The van der Waals surface area contributed by atoms with E-state index in [4.69, 9.17) is 14.2 Å². The highest BCUT2D eigenvalue weighted by molar-refractivity contribution is 5.07. The van der Waals surface area contributed by atoms with Crippen molar-refractivity contribution in [1.82, 2.24) is 0 Å². The van der Waals surface area contributed by atoms with Crippen molar-refractivity contribution < 1.29 is 9.47 Å². The molecule has 2 heteroatoms. The molecule has 0 aromatic carbocycles. The third-order valence-corrected chi connectivity index (χ3v) is 0.898. The van der Waals surface area contributed by atoms with E-state index in [2.05, 4.69) is 21.3 Å². The topological polar surface area (TPSA) is 18.5 Å². The minimum atomic E-state index is -0.280. The average molecular weight is 138 g/mol. The van der Waals surface area contributed by atoms with Gasteiger partial charge < -0.3 is 9.47 Å². The molecule has 0 fully saturated rings. The molecule has 0 amide bonds. The maximum absolute atomic E-state index is 4.83. The van der Waals surface area contributed by atoms with Crippen molar-refractivity contribution >= 4 is 0 Å². The van der Waals surface area contributed by atoms with E-state index in [9.17, 15) is 0 Å². The summed E-state index contributed by atoms with van der Waals surface area (Å²) in [6.07, 6.45) is -0.560. The van der Waals surface area contributed by atoms with E-state index in [1.807, 2.05) is 0 Å². The third kappa shape index (κ3) is 4.37. The molecule has 0 rings (SSSR count). The molecule has 4 radical (unpaired) electrons. The van der Waals surface area contributed by atoms with Gasteiger partial charge in [-0.1, -0.05) is 11.8 Å². The van der Waals surface area contributed by atoms with Gasteiger partial charge in [-0.2, -0.15) is 0 Å². The first-order chi connectivity index (χ1) is 4.70. The van der Waals surface area contributed by atoms with Crippen LogP contribution in [0.25, 0.3) is 0 Å². The Labute approximate surface area is 62.5 Å². The van der Waals surface area contributed by atoms with Crippen LogP contribution in [0.4, 0.5) is 0 Å². The van der Waals surface area contributed by atoms with E-state index >= 15 is 0 Å². The van der Waals surface area contributed by atoms with Gasteiger partial charge in [0.2, 0.25) is 0 Å². The van der Waals surface area contributed by atoms with Crippen LogP contribution in [0.1, 0.15) is 13.8 Å². The van der Waals surface area contributed by atoms with E-state index in [-0.39, 0.29) is 12.2 Å². The van der Waals surface area contributed by atoms with Gasteiger partial charge >= 0.3 is 0 Å². The predicted octanol–water partition coefficient (Wildman–Crippen LogP) is 1.14. The van der Waals surface area contributed by atoms with Gasteiger partial charge in [0.15, 0.2) is 0 Å². The summed E-state index contributed by atoms with van der Waals surface area (Å²) in [5.74, 6) is 5.36. The lowest BCUT2D eigenvalue weighted by Gasteiger charge is -1.99. The maximum atomic E-state index is 4.83. The SMILES string of the molecule is [CH]OC(C)C#CC(C)O[CH]. The standard InChI is InChI=1S/C8H10O2/c1-7(9-3)5-6-8(2)10-4/h3-4,7-8H,1-2H3. The van der Waals surface area contributed by atoms with Crippen LogP contribution in [0.5, 0.6) is 0 Å². The van der Waals surface area contributed by atoms with Crippen LogP contribution in [-0.2, 0) is 9.47 Å². The van der Waals surface area contributed by atoms with Gasteiger partial charge in [-0.3, -0.25) is 0 Å². The lowest BCUT2D eigenvalue weighted by Crippen LogP contribution is -2.03. The lowest BCUT2D eigenvalue weighted by atomic mass is 10.3. The Morgan fingerprint density at radius 3 is 1.50 bits per heavy atom. The summed E-state index contributed by atoms with van der Waals surface area (Å²) < 4.78 is 8.75. The van der Waals surface area contributed by atoms with Crippen LogP contribution in [0.15, 0.2) is 0 Å². The molecule has 0 aliphatic rings. The largest absolute Gasteiger partial charge is 0.357 e. The molecule has 0 spiro atoms. The van der Waals surface area contributed by atoms with Crippen LogP contribution in [0, 0.1) is 26.1 Å². The van der Waals surface area contributed by atoms with Crippen molar-refractivity contribution in [1.29, 1.82) is 0 Å². The summed E-state index contributed by atoms with van der Waals surface area (Å²) in [6.45, 7) is 3.46. The Morgan fingerprint density at radius 1 is 1.00 bits per heavy atom. The van der Waals surface area contributed by atoms with Gasteiger partial charge in [-0.15, -0.1) is 0 Å². The lowest BCUT2D eigenvalue weighted by molar-refractivity contribution is 0.196. The average Bonchev–Trinajstić information content (AvgIpc) is 1.99. The molecular weight excluding hydrogens is 128 g/mol. The fraction of sp³-hybridized carbons (Fsp3) is 0.500. The molecule has 2 atom stereocenters. The smallest absolute Gasteiger partial charge is 0.117 e. The molecule has 0 N–H and O–H groups in total. The summed E-state index contributed by atoms with van der Waals surface area (Å²) in [7, 11) is 9.65. The highest BCUT2D eigenvalue weighted by Gasteiger charge is 1.93. The van der Waals surface area contributed by atoms with Crippen LogP contribution in [0.2, 0.25) is 0 Å². The monoisotopic (exact) mass is 138 g/mol. The maximum Gasteiger partial charge on any atom is 0.117 e. The fourth-order valence-electron chi connectivity index (χ4n) is 0.303. The molecule has 0 saturated heterocycles. The Balaban J connectivity index is 3.66. The second-order valence-corrected chi connectivity index (χ2v) is 1.85. The van der Waals surface area contributed by atoms with Crippen molar-refractivity contribution in [3.63, 3.8) is 0 Å². The van der Waals surface area contributed by atoms with E-state index in [0.717, 1.165) is 0 Å². The molecule has 0 aromatic rings. The quantitative estimate of drug-likeness (QED) is 0.533. The first kappa shape index (κ1) is 9.48. The van der Waals surface area contributed by atoms with Gasteiger partial charge in [-0.05, 0) is 13.8 Å². The van der Waals surface area contributed by atoms with Crippen LogP contribution in [-0.4, -0.2) is 12.2 Å². The number of ether oxygens (including phenoxy) is 2. The Hall–Kier alpha value is -0.520. The second kappa shape index (κ2) is 5.28. The summed E-state index contributed by atoms with van der Waals surface area (Å²) in [5, 5.41) is 0. The van der Waals surface area contributed by atoms with Crippen LogP contribution >= 0.6 is 0 Å². The summed E-state index contributed by atoms with van der Waals surface area (Å²) in [6, 6.07) is 0. The minimum Gasteiger partial charge on any atom is -0.357 e. The molecule has 0 bridgehead atoms. The highest BCUT2D eigenvalue weighted by atomic mass is 16.5. The van der Waals surface area contributed by atoms with Gasteiger partial charge in [0.05, 0.1) is 0 Å². The molecule has 10 heavy (non-hydrogen) atoms. The molecular formula is C8H10O2. The van der Waals surface area contributed by atoms with E-state index in [1.165, 1.54) is 0 Å². The zero-order valence-corrected chi connectivity index (χ0v) is 6.13. The number of rotatable bonds is 2. The van der Waals surface area contributed by atoms with Crippen molar-refractivity contribution in [3.8, 4) is 11.8 Å². The molecule has 0 saturated carbocycles. The first-order valence-electron chi connectivity index (χ1n) is 2.92. The molecule has 0 aliphatic carbocycles. The van der Waals surface area contributed by atoms with Gasteiger partial charge in [-0.25, -0.2) is 0 Å². The number of hydrogen-bond donors (Lipinski definition) is 0. The molecule has 0 aliphatic heterocycles.